The number of nitrogens with zero attached hydrogens (tertiary/aromatic N) is 1. The third-order valence-electron chi connectivity index (χ3n) is 4.44. The first kappa shape index (κ1) is 19.5. The number of rotatable bonds is 9. The van der Waals surface area contributed by atoms with Crippen molar-refractivity contribution in [3.8, 4) is 0 Å². The maximum absolute atomic E-state index is 5.68. The van der Waals surface area contributed by atoms with Crippen LogP contribution in [0.4, 0.5) is 5.69 Å². The summed E-state index contributed by atoms with van der Waals surface area (Å²) >= 11 is 5.68. The number of hydrogen-bond donors (Lipinski definition) is 2. The number of nitrogens with one attached hydrogen (secondary N) is 2. The Labute approximate surface area is 156 Å². The molecule has 0 atom stereocenters. The predicted molar refractivity (Wildman–Crippen MR) is 108 cm³/mol. The van der Waals surface area contributed by atoms with Gasteiger partial charge in [0.1, 0.15) is 5.76 Å². The molecule has 0 aliphatic rings. The Bertz CT molecular complexity index is 638. The van der Waals surface area contributed by atoms with Crippen molar-refractivity contribution in [3.05, 3.63) is 54.0 Å². The van der Waals surface area contributed by atoms with Crippen LogP contribution in [0.25, 0.3) is 0 Å². The molecule has 0 spiro atoms. The lowest BCUT2D eigenvalue weighted by Crippen LogP contribution is -3.11. The van der Waals surface area contributed by atoms with Crippen LogP contribution in [-0.2, 0) is 6.54 Å². The van der Waals surface area contributed by atoms with Crippen LogP contribution in [0.3, 0.4) is 0 Å². The second-order valence-corrected chi connectivity index (χ2v) is 6.75. The van der Waals surface area contributed by atoms with Gasteiger partial charge in [-0.1, -0.05) is 12.1 Å². The molecular weight excluding hydrogens is 330 g/mol. The van der Waals surface area contributed by atoms with Crippen molar-refractivity contribution in [1.29, 1.82) is 0 Å². The van der Waals surface area contributed by atoms with Crippen LogP contribution in [0.5, 0.6) is 0 Å². The number of anilines is 1. The highest BCUT2D eigenvalue weighted by Crippen LogP contribution is 2.13. The van der Waals surface area contributed by atoms with E-state index < -0.39 is 0 Å². The summed E-state index contributed by atoms with van der Waals surface area (Å²) in [5.41, 5.74) is 2.25. The molecule has 0 bridgehead atoms. The van der Waals surface area contributed by atoms with Gasteiger partial charge in [-0.05, 0) is 62.8 Å². The Hall–Kier alpha value is -1.85. The fraction of sp³-hybridized carbons (Fsp3) is 0.450. The van der Waals surface area contributed by atoms with Crippen molar-refractivity contribution < 1.29 is 9.32 Å². The molecule has 2 N–H and O–H groups in total. The van der Waals surface area contributed by atoms with Gasteiger partial charge in [0.15, 0.2) is 5.11 Å². The second kappa shape index (κ2) is 10.2. The van der Waals surface area contributed by atoms with E-state index >= 15 is 0 Å². The molecule has 0 saturated carbocycles. The molecule has 1 heterocycles. The quantitative estimate of drug-likeness (QED) is 0.673. The van der Waals surface area contributed by atoms with E-state index in [4.69, 9.17) is 16.6 Å². The van der Waals surface area contributed by atoms with Crippen LogP contribution in [0.1, 0.15) is 31.6 Å². The van der Waals surface area contributed by atoms with Crippen LogP contribution >= 0.6 is 12.2 Å². The average Bonchev–Trinajstić information content (AvgIpc) is 3.11. The fourth-order valence-corrected chi connectivity index (χ4v) is 3.17. The van der Waals surface area contributed by atoms with Crippen LogP contribution in [0.15, 0.2) is 47.1 Å². The zero-order valence-electron chi connectivity index (χ0n) is 15.5. The molecule has 0 unspecified atom stereocenters. The molecule has 4 nitrogen and oxygen atoms in total. The Morgan fingerprint density at radius 2 is 2.00 bits per heavy atom. The summed E-state index contributed by atoms with van der Waals surface area (Å²) in [4.78, 5) is 3.81. The summed E-state index contributed by atoms with van der Waals surface area (Å²) in [7, 11) is 0. The highest BCUT2D eigenvalue weighted by molar-refractivity contribution is 7.80. The number of thiocarbonyl (C=S) groups is 1. The average molecular weight is 361 g/mol. The lowest BCUT2D eigenvalue weighted by molar-refractivity contribution is -0.896. The molecule has 0 radical (unpaired) electrons. The fourth-order valence-electron chi connectivity index (χ4n) is 2.89. The monoisotopic (exact) mass is 360 g/mol. The minimum absolute atomic E-state index is 0.693. The first-order valence-electron chi connectivity index (χ1n) is 9.11. The highest BCUT2D eigenvalue weighted by atomic mass is 32.1. The molecule has 2 aromatic rings. The summed E-state index contributed by atoms with van der Waals surface area (Å²) in [6.07, 6.45) is 2.82. The smallest absolute Gasteiger partial charge is 0.173 e. The molecule has 136 valence electrons. The van der Waals surface area contributed by atoms with E-state index in [0.717, 1.165) is 36.1 Å². The lowest BCUT2D eigenvalue weighted by atomic mass is 10.2. The number of hydrogen-bond acceptors (Lipinski definition) is 2. The molecule has 0 aliphatic heterocycles. The molecule has 25 heavy (non-hydrogen) atoms. The highest BCUT2D eigenvalue weighted by Gasteiger charge is 2.13. The van der Waals surface area contributed by atoms with Crippen molar-refractivity contribution in [2.24, 2.45) is 0 Å². The molecule has 2 rings (SSSR count). The Kier molecular flexibility index (Phi) is 7.95. The number of aryl methyl sites for hydroxylation is 1. The van der Waals surface area contributed by atoms with Gasteiger partial charge in [0.2, 0.25) is 0 Å². The minimum atomic E-state index is 0.693. The third-order valence-corrected chi connectivity index (χ3v) is 4.80. The van der Waals surface area contributed by atoms with Gasteiger partial charge in [-0.2, -0.15) is 0 Å². The van der Waals surface area contributed by atoms with E-state index in [9.17, 15) is 0 Å². The molecular formula is C20H30N3OS+. The van der Waals surface area contributed by atoms with Gasteiger partial charge in [-0.15, -0.1) is 0 Å². The second-order valence-electron chi connectivity index (χ2n) is 6.36. The van der Waals surface area contributed by atoms with Crippen molar-refractivity contribution >= 4 is 23.0 Å². The van der Waals surface area contributed by atoms with Crippen molar-refractivity contribution in [2.75, 3.05) is 31.5 Å². The number of quaternary nitrogens is 1. The largest absolute Gasteiger partial charge is 0.467 e. The summed E-state index contributed by atoms with van der Waals surface area (Å²) in [5.74, 6) is 0.934. The van der Waals surface area contributed by atoms with Gasteiger partial charge in [-0.25, -0.2) is 0 Å². The maximum Gasteiger partial charge on any atom is 0.173 e. The van der Waals surface area contributed by atoms with Crippen molar-refractivity contribution in [3.63, 3.8) is 0 Å². The first-order valence-corrected chi connectivity index (χ1v) is 9.51. The molecule has 5 heteroatoms. The zero-order chi connectivity index (χ0) is 18.1. The molecule has 0 saturated heterocycles. The number of furan rings is 1. The topological polar surface area (TPSA) is 32.9 Å². The summed E-state index contributed by atoms with van der Waals surface area (Å²) < 4.78 is 5.52. The van der Waals surface area contributed by atoms with Gasteiger partial charge >= 0.3 is 0 Å². The van der Waals surface area contributed by atoms with E-state index in [1.165, 1.54) is 18.7 Å². The van der Waals surface area contributed by atoms with Crippen LogP contribution in [0, 0.1) is 6.92 Å². The maximum atomic E-state index is 5.68. The van der Waals surface area contributed by atoms with Crippen molar-refractivity contribution in [1.82, 2.24) is 4.90 Å². The lowest BCUT2D eigenvalue weighted by Gasteiger charge is -2.26. The molecule has 1 aromatic carbocycles. The van der Waals surface area contributed by atoms with Gasteiger partial charge in [0, 0.05) is 18.7 Å². The predicted octanol–water partition coefficient (Wildman–Crippen LogP) is 3.10. The van der Waals surface area contributed by atoms with E-state index in [2.05, 4.69) is 43.1 Å². The summed E-state index contributed by atoms with van der Waals surface area (Å²) in [6, 6.07) is 12.2. The van der Waals surface area contributed by atoms with Crippen LogP contribution < -0.4 is 10.2 Å². The molecule has 0 amide bonds. The Balaban J connectivity index is 1.98. The van der Waals surface area contributed by atoms with Crippen molar-refractivity contribution in [2.45, 2.75) is 33.7 Å². The van der Waals surface area contributed by atoms with Crippen LogP contribution in [-0.4, -0.2) is 36.2 Å². The van der Waals surface area contributed by atoms with E-state index in [1.807, 2.05) is 24.3 Å². The third kappa shape index (κ3) is 6.52. The standard InChI is InChI=1S/C20H29N3OS/c1-4-22(5-2)12-8-13-23(16-19-11-7-14-24-19)20(25)21-18-10-6-9-17(3)15-18/h6-7,9-11,14-15H,4-5,8,12-13,16H2,1-3H3,(H,21,25)/p+1. The van der Waals surface area contributed by atoms with Crippen LogP contribution in [0.2, 0.25) is 0 Å². The van der Waals surface area contributed by atoms with E-state index in [1.54, 1.807) is 11.2 Å². The zero-order valence-corrected chi connectivity index (χ0v) is 16.4. The Morgan fingerprint density at radius 3 is 2.64 bits per heavy atom. The summed E-state index contributed by atoms with van der Waals surface area (Å²) in [6.45, 7) is 11.7. The molecule has 0 aliphatic carbocycles. The van der Waals surface area contributed by atoms with Gasteiger partial charge in [0.25, 0.3) is 0 Å². The summed E-state index contributed by atoms with van der Waals surface area (Å²) in [5, 5.41) is 4.12. The normalized spacial score (nSPS) is 10.9. The van der Waals surface area contributed by atoms with Gasteiger partial charge in [-0.3, -0.25) is 0 Å². The van der Waals surface area contributed by atoms with Gasteiger partial charge in [0.05, 0.1) is 32.4 Å². The molecule has 1 aromatic heterocycles. The SMILES string of the molecule is CC[NH+](CC)CCCN(Cc1ccco1)C(=S)Nc1cccc(C)c1. The molecule has 0 fully saturated rings. The Morgan fingerprint density at radius 1 is 1.20 bits per heavy atom. The van der Waals surface area contributed by atoms with E-state index in [-0.39, 0.29) is 0 Å². The minimum Gasteiger partial charge on any atom is -0.467 e. The van der Waals surface area contributed by atoms with E-state index in [0.29, 0.717) is 6.54 Å². The first-order chi connectivity index (χ1) is 12.1. The number of benzene rings is 1. The van der Waals surface area contributed by atoms with Gasteiger partial charge < -0.3 is 19.5 Å².